The van der Waals surface area contributed by atoms with Crippen LogP contribution in [0.3, 0.4) is 0 Å². The Morgan fingerprint density at radius 2 is 1.68 bits per heavy atom. The van der Waals surface area contributed by atoms with Crippen molar-refractivity contribution in [1.29, 1.82) is 0 Å². The van der Waals surface area contributed by atoms with Crippen molar-refractivity contribution < 1.29 is 9.59 Å². The summed E-state index contributed by atoms with van der Waals surface area (Å²) in [6.07, 6.45) is 7.10. The third-order valence-corrected chi connectivity index (χ3v) is 5.61. The SMILES string of the molecule is Cc1cccc(CCC(=O)N2CCN(C(=O)C3CCCCC3)CC2)c1. The van der Waals surface area contributed by atoms with E-state index in [2.05, 4.69) is 25.1 Å². The number of nitrogens with zero attached hydrogens (tertiary/aromatic N) is 2. The fourth-order valence-electron chi connectivity index (χ4n) is 4.06. The van der Waals surface area contributed by atoms with Crippen LogP contribution in [0.15, 0.2) is 24.3 Å². The quantitative estimate of drug-likeness (QED) is 0.843. The van der Waals surface area contributed by atoms with Crippen molar-refractivity contribution in [1.82, 2.24) is 9.80 Å². The van der Waals surface area contributed by atoms with Gasteiger partial charge in [0, 0.05) is 38.5 Å². The number of aryl methyl sites for hydroxylation is 2. The molecule has 2 fully saturated rings. The van der Waals surface area contributed by atoms with Gasteiger partial charge >= 0.3 is 0 Å². The molecule has 4 heteroatoms. The lowest BCUT2D eigenvalue weighted by Gasteiger charge is -2.37. The first kappa shape index (κ1) is 18.0. The zero-order chi connectivity index (χ0) is 17.6. The van der Waals surface area contributed by atoms with Crippen molar-refractivity contribution in [2.45, 2.75) is 51.9 Å². The lowest BCUT2D eigenvalue weighted by Crippen LogP contribution is -2.52. The van der Waals surface area contributed by atoms with Gasteiger partial charge in [0.1, 0.15) is 0 Å². The minimum atomic E-state index is 0.214. The lowest BCUT2D eigenvalue weighted by atomic mass is 9.88. The molecule has 0 aromatic heterocycles. The Balaban J connectivity index is 1.43. The fraction of sp³-hybridized carbons (Fsp3) is 0.619. The van der Waals surface area contributed by atoms with Crippen LogP contribution in [0.25, 0.3) is 0 Å². The fourth-order valence-corrected chi connectivity index (χ4v) is 4.06. The van der Waals surface area contributed by atoms with E-state index in [9.17, 15) is 9.59 Å². The molecule has 136 valence electrons. The molecular formula is C21H30N2O2. The number of hydrogen-bond acceptors (Lipinski definition) is 2. The van der Waals surface area contributed by atoms with Crippen LogP contribution in [0, 0.1) is 12.8 Å². The van der Waals surface area contributed by atoms with E-state index in [0.29, 0.717) is 38.5 Å². The molecule has 4 nitrogen and oxygen atoms in total. The molecular weight excluding hydrogens is 312 g/mol. The maximum absolute atomic E-state index is 12.6. The summed E-state index contributed by atoms with van der Waals surface area (Å²) in [4.78, 5) is 29.0. The average Bonchev–Trinajstić information content (AvgIpc) is 2.66. The summed E-state index contributed by atoms with van der Waals surface area (Å²) in [5.41, 5.74) is 2.46. The van der Waals surface area contributed by atoms with Gasteiger partial charge in [0.05, 0.1) is 0 Å². The molecule has 1 aliphatic heterocycles. The van der Waals surface area contributed by atoms with Gasteiger partial charge in [-0.2, -0.15) is 0 Å². The van der Waals surface area contributed by atoms with Gasteiger partial charge in [-0.3, -0.25) is 9.59 Å². The summed E-state index contributed by atoms with van der Waals surface area (Å²) < 4.78 is 0. The molecule has 1 heterocycles. The smallest absolute Gasteiger partial charge is 0.225 e. The highest BCUT2D eigenvalue weighted by Crippen LogP contribution is 2.25. The molecule has 1 saturated heterocycles. The monoisotopic (exact) mass is 342 g/mol. The van der Waals surface area contributed by atoms with E-state index in [4.69, 9.17) is 0 Å². The van der Waals surface area contributed by atoms with Gasteiger partial charge in [-0.05, 0) is 31.7 Å². The number of hydrogen-bond donors (Lipinski definition) is 0. The minimum absolute atomic E-state index is 0.214. The Hall–Kier alpha value is -1.84. The van der Waals surface area contributed by atoms with Gasteiger partial charge in [-0.1, -0.05) is 49.1 Å². The van der Waals surface area contributed by atoms with Crippen molar-refractivity contribution in [3.63, 3.8) is 0 Å². The second kappa shape index (κ2) is 8.50. The Morgan fingerprint density at radius 3 is 2.36 bits per heavy atom. The van der Waals surface area contributed by atoms with Crippen molar-refractivity contribution in [2.75, 3.05) is 26.2 Å². The molecule has 2 aliphatic rings. The first-order valence-corrected chi connectivity index (χ1v) is 9.75. The van der Waals surface area contributed by atoms with E-state index in [1.807, 2.05) is 15.9 Å². The van der Waals surface area contributed by atoms with Gasteiger partial charge in [-0.25, -0.2) is 0 Å². The average molecular weight is 342 g/mol. The molecule has 2 amide bonds. The number of benzene rings is 1. The molecule has 1 aliphatic carbocycles. The topological polar surface area (TPSA) is 40.6 Å². The molecule has 1 saturated carbocycles. The van der Waals surface area contributed by atoms with Gasteiger partial charge < -0.3 is 9.80 Å². The number of amides is 2. The van der Waals surface area contributed by atoms with Crippen molar-refractivity contribution in [3.8, 4) is 0 Å². The largest absolute Gasteiger partial charge is 0.339 e. The molecule has 1 aromatic carbocycles. The standard InChI is InChI=1S/C21H30N2O2/c1-17-6-5-7-18(16-17)10-11-20(24)22-12-14-23(15-13-22)21(25)19-8-3-2-4-9-19/h5-7,16,19H,2-4,8-15H2,1H3. The molecule has 0 bridgehead atoms. The van der Waals surface area contributed by atoms with E-state index >= 15 is 0 Å². The van der Waals surface area contributed by atoms with Gasteiger partial charge in [0.25, 0.3) is 0 Å². The highest BCUT2D eigenvalue weighted by atomic mass is 16.2. The van der Waals surface area contributed by atoms with Gasteiger partial charge in [-0.15, -0.1) is 0 Å². The zero-order valence-electron chi connectivity index (χ0n) is 15.4. The van der Waals surface area contributed by atoms with Crippen LogP contribution in [0.2, 0.25) is 0 Å². The summed E-state index contributed by atoms with van der Waals surface area (Å²) in [5, 5.41) is 0. The number of carbonyl (C=O) groups is 2. The predicted molar refractivity (Wildman–Crippen MR) is 99.2 cm³/mol. The van der Waals surface area contributed by atoms with Crippen LogP contribution >= 0.6 is 0 Å². The van der Waals surface area contributed by atoms with Crippen molar-refractivity contribution in [2.24, 2.45) is 5.92 Å². The molecule has 1 aromatic rings. The summed E-state index contributed by atoms with van der Waals surface area (Å²) >= 11 is 0. The number of rotatable bonds is 4. The molecule has 3 rings (SSSR count). The maximum atomic E-state index is 12.6. The lowest BCUT2D eigenvalue weighted by molar-refractivity contribution is -0.142. The summed E-state index contributed by atoms with van der Waals surface area (Å²) in [6, 6.07) is 8.35. The summed E-state index contributed by atoms with van der Waals surface area (Å²) in [5.74, 6) is 0.773. The zero-order valence-corrected chi connectivity index (χ0v) is 15.4. The molecule has 0 unspecified atom stereocenters. The second-order valence-corrected chi connectivity index (χ2v) is 7.53. The summed E-state index contributed by atoms with van der Waals surface area (Å²) in [6.45, 7) is 4.85. The van der Waals surface area contributed by atoms with E-state index in [-0.39, 0.29) is 11.8 Å². The van der Waals surface area contributed by atoms with Gasteiger partial charge in [0.2, 0.25) is 11.8 Å². The maximum Gasteiger partial charge on any atom is 0.225 e. The Kier molecular flexibility index (Phi) is 6.11. The Bertz CT molecular complexity index is 600. The van der Waals surface area contributed by atoms with E-state index < -0.39 is 0 Å². The van der Waals surface area contributed by atoms with Crippen molar-refractivity contribution in [3.05, 3.63) is 35.4 Å². The summed E-state index contributed by atoms with van der Waals surface area (Å²) in [7, 11) is 0. The molecule has 0 atom stereocenters. The predicted octanol–water partition coefficient (Wildman–Crippen LogP) is 3.18. The van der Waals surface area contributed by atoms with Crippen LogP contribution in [0.1, 0.15) is 49.7 Å². The van der Waals surface area contributed by atoms with Crippen LogP contribution in [-0.2, 0) is 16.0 Å². The first-order chi connectivity index (χ1) is 12.1. The van der Waals surface area contributed by atoms with E-state index in [1.165, 1.54) is 30.4 Å². The normalized spacial score (nSPS) is 19.1. The third-order valence-electron chi connectivity index (χ3n) is 5.61. The van der Waals surface area contributed by atoms with Crippen LogP contribution < -0.4 is 0 Å². The molecule has 0 radical (unpaired) electrons. The van der Waals surface area contributed by atoms with E-state index in [1.54, 1.807) is 0 Å². The van der Waals surface area contributed by atoms with Gasteiger partial charge in [0.15, 0.2) is 0 Å². The van der Waals surface area contributed by atoms with Crippen LogP contribution in [-0.4, -0.2) is 47.8 Å². The molecule has 0 N–H and O–H groups in total. The second-order valence-electron chi connectivity index (χ2n) is 7.53. The van der Waals surface area contributed by atoms with Crippen molar-refractivity contribution >= 4 is 11.8 Å². The van der Waals surface area contributed by atoms with Crippen LogP contribution in [0.5, 0.6) is 0 Å². The van der Waals surface area contributed by atoms with Crippen LogP contribution in [0.4, 0.5) is 0 Å². The van der Waals surface area contributed by atoms with E-state index in [0.717, 1.165) is 19.3 Å². The molecule has 0 spiro atoms. The molecule has 25 heavy (non-hydrogen) atoms. The Morgan fingerprint density at radius 1 is 1.00 bits per heavy atom. The Labute approximate surface area is 151 Å². The first-order valence-electron chi connectivity index (χ1n) is 9.75. The highest BCUT2D eigenvalue weighted by molar-refractivity contribution is 5.80. The third kappa shape index (κ3) is 4.83. The minimum Gasteiger partial charge on any atom is -0.339 e. The number of carbonyl (C=O) groups excluding carboxylic acids is 2. The highest BCUT2D eigenvalue weighted by Gasteiger charge is 2.29. The number of piperazine rings is 1.